The Bertz CT molecular complexity index is 604. The molecule has 0 heterocycles. The SMILES string of the molecule is C[C@@H]1C(O)CC[C@]2(C)C(=O)/C(=C/c3ccc(F)cc3)CCC12. The molecule has 2 nitrogen and oxygen atoms in total. The average Bonchev–Trinajstić information content (AvgIpc) is 2.50. The van der Waals surface area contributed by atoms with Gasteiger partial charge in [0.25, 0.3) is 0 Å². The average molecular weight is 302 g/mol. The third-order valence-electron chi connectivity index (χ3n) is 5.77. The van der Waals surface area contributed by atoms with Crippen molar-refractivity contribution in [1.29, 1.82) is 0 Å². The van der Waals surface area contributed by atoms with Gasteiger partial charge in [-0.15, -0.1) is 0 Å². The topological polar surface area (TPSA) is 37.3 Å². The number of ketones is 1. The number of rotatable bonds is 1. The van der Waals surface area contributed by atoms with E-state index in [9.17, 15) is 14.3 Å². The number of halogens is 1. The van der Waals surface area contributed by atoms with Crippen LogP contribution >= 0.6 is 0 Å². The number of benzene rings is 1. The molecule has 1 aromatic rings. The number of carbonyl (C=O) groups excluding carboxylic acids is 1. The zero-order valence-corrected chi connectivity index (χ0v) is 13.2. The number of Topliss-reactive ketones (excluding diaryl/α,β-unsaturated/α-hetero) is 1. The van der Waals surface area contributed by atoms with Crippen molar-refractivity contribution in [1.82, 2.24) is 0 Å². The first-order chi connectivity index (χ1) is 10.4. The van der Waals surface area contributed by atoms with Gasteiger partial charge in [-0.25, -0.2) is 4.39 Å². The Morgan fingerprint density at radius 1 is 1.27 bits per heavy atom. The summed E-state index contributed by atoms with van der Waals surface area (Å²) in [6.07, 6.45) is 4.75. The molecule has 2 fully saturated rings. The Morgan fingerprint density at radius 2 is 1.95 bits per heavy atom. The summed E-state index contributed by atoms with van der Waals surface area (Å²) < 4.78 is 13.0. The van der Waals surface area contributed by atoms with Crippen molar-refractivity contribution in [2.45, 2.75) is 45.6 Å². The highest BCUT2D eigenvalue weighted by atomic mass is 19.1. The van der Waals surface area contributed by atoms with Crippen LogP contribution in [-0.4, -0.2) is 17.0 Å². The van der Waals surface area contributed by atoms with Crippen molar-refractivity contribution < 1.29 is 14.3 Å². The standard InChI is InChI=1S/C19H23FO2/c1-12-16-8-5-14(11-13-3-6-15(20)7-4-13)18(22)19(16,2)10-9-17(12)21/h3-4,6-7,11-12,16-17,21H,5,8-10H2,1-2H3/b14-11+/t12-,16?,17?,19-/m0/s1. The molecule has 1 N–H and O–H groups in total. The maximum absolute atomic E-state index is 13.0. The predicted octanol–water partition coefficient (Wildman–Crippen LogP) is 3.99. The fraction of sp³-hybridized carbons (Fsp3) is 0.526. The maximum Gasteiger partial charge on any atom is 0.165 e. The summed E-state index contributed by atoms with van der Waals surface area (Å²) in [5.41, 5.74) is 1.35. The molecule has 0 bridgehead atoms. The van der Waals surface area contributed by atoms with Crippen LogP contribution < -0.4 is 0 Å². The lowest BCUT2D eigenvalue weighted by Crippen LogP contribution is -2.50. The Hall–Kier alpha value is -1.48. The van der Waals surface area contributed by atoms with Crippen LogP contribution in [0.2, 0.25) is 0 Å². The zero-order chi connectivity index (χ0) is 15.9. The molecule has 1 aromatic carbocycles. The molecule has 4 atom stereocenters. The first-order valence-electron chi connectivity index (χ1n) is 8.11. The normalized spacial score (nSPS) is 37.2. The van der Waals surface area contributed by atoms with Gasteiger partial charge in [-0.3, -0.25) is 4.79 Å². The van der Waals surface area contributed by atoms with E-state index in [2.05, 4.69) is 13.8 Å². The van der Waals surface area contributed by atoms with Crippen molar-refractivity contribution >= 4 is 11.9 Å². The summed E-state index contributed by atoms with van der Waals surface area (Å²) in [5, 5.41) is 10.1. The molecule has 0 radical (unpaired) electrons. The highest BCUT2D eigenvalue weighted by Gasteiger charge is 2.51. The Morgan fingerprint density at radius 3 is 2.64 bits per heavy atom. The second kappa shape index (κ2) is 5.62. The van der Waals surface area contributed by atoms with Crippen LogP contribution in [0.4, 0.5) is 4.39 Å². The highest BCUT2D eigenvalue weighted by molar-refractivity contribution is 6.04. The van der Waals surface area contributed by atoms with E-state index in [1.807, 2.05) is 6.08 Å². The molecule has 2 aliphatic carbocycles. The summed E-state index contributed by atoms with van der Waals surface area (Å²) in [6.45, 7) is 4.12. The predicted molar refractivity (Wildman–Crippen MR) is 84.6 cm³/mol. The van der Waals surface area contributed by atoms with Crippen molar-refractivity contribution in [3.8, 4) is 0 Å². The molecule has 22 heavy (non-hydrogen) atoms. The molecular weight excluding hydrogens is 279 g/mol. The number of allylic oxidation sites excluding steroid dienone is 1. The minimum absolute atomic E-state index is 0.176. The molecule has 2 aliphatic rings. The number of hydrogen-bond acceptors (Lipinski definition) is 2. The number of hydrogen-bond donors (Lipinski definition) is 1. The molecule has 0 amide bonds. The Balaban J connectivity index is 1.89. The molecule has 3 heteroatoms. The third-order valence-corrected chi connectivity index (χ3v) is 5.77. The lowest BCUT2D eigenvalue weighted by Gasteiger charge is -2.49. The number of carbonyl (C=O) groups is 1. The van der Waals surface area contributed by atoms with E-state index in [1.165, 1.54) is 12.1 Å². The van der Waals surface area contributed by atoms with Crippen LogP contribution in [0.25, 0.3) is 6.08 Å². The summed E-state index contributed by atoms with van der Waals surface area (Å²) in [4.78, 5) is 13.0. The minimum Gasteiger partial charge on any atom is -0.393 e. The quantitative estimate of drug-likeness (QED) is 0.797. The molecule has 0 saturated heterocycles. The van der Waals surface area contributed by atoms with Crippen LogP contribution in [0.1, 0.15) is 45.1 Å². The largest absolute Gasteiger partial charge is 0.393 e. The number of aliphatic hydroxyl groups excluding tert-OH is 1. The molecule has 118 valence electrons. The van der Waals surface area contributed by atoms with Gasteiger partial charge >= 0.3 is 0 Å². The van der Waals surface area contributed by atoms with E-state index >= 15 is 0 Å². The van der Waals surface area contributed by atoms with Crippen molar-refractivity contribution in [2.75, 3.05) is 0 Å². The second-order valence-corrected chi connectivity index (χ2v) is 7.08. The van der Waals surface area contributed by atoms with Gasteiger partial charge in [0.2, 0.25) is 0 Å². The van der Waals surface area contributed by atoms with E-state index in [4.69, 9.17) is 0 Å². The monoisotopic (exact) mass is 302 g/mol. The summed E-state index contributed by atoms with van der Waals surface area (Å²) in [7, 11) is 0. The smallest absolute Gasteiger partial charge is 0.165 e. The molecule has 3 rings (SSSR count). The molecule has 2 unspecified atom stereocenters. The van der Waals surface area contributed by atoms with Gasteiger partial charge < -0.3 is 5.11 Å². The fourth-order valence-corrected chi connectivity index (χ4v) is 4.30. The van der Waals surface area contributed by atoms with Gasteiger partial charge in [-0.2, -0.15) is 0 Å². The molecule has 0 spiro atoms. The van der Waals surface area contributed by atoms with E-state index in [0.717, 1.165) is 30.4 Å². The summed E-state index contributed by atoms with van der Waals surface area (Å²) in [5.74, 6) is 0.384. The second-order valence-electron chi connectivity index (χ2n) is 7.08. The van der Waals surface area contributed by atoms with Crippen LogP contribution in [-0.2, 0) is 4.79 Å². The number of fused-ring (bicyclic) bond motifs is 1. The van der Waals surface area contributed by atoms with Gasteiger partial charge in [0.15, 0.2) is 5.78 Å². The summed E-state index contributed by atoms with van der Waals surface area (Å²) >= 11 is 0. The van der Waals surface area contributed by atoms with Gasteiger partial charge in [-0.1, -0.05) is 26.0 Å². The fourth-order valence-electron chi connectivity index (χ4n) is 4.30. The molecule has 0 aromatic heterocycles. The van der Waals surface area contributed by atoms with Gasteiger partial charge in [-0.05, 0) is 66.9 Å². The van der Waals surface area contributed by atoms with E-state index in [0.29, 0.717) is 6.42 Å². The van der Waals surface area contributed by atoms with Gasteiger partial charge in [0, 0.05) is 5.41 Å². The molecule has 0 aliphatic heterocycles. The van der Waals surface area contributed by atoms with E-state index in [1.54, 1.807) is 12.1 Å². The first-order valence-corrected chi connectivity index (χ1v) is 8.11. The van der Waals surface area contributed by atoms with Crippen LogP contribution in [0.5, 0.6) is 0 Å². The van der Waals surface area contributed by atoms with Gasteiger partial charge in [0.05, 0.1) is 6.10 Å². The van der Waals surface area contributed by atoms with Crippen molar-refractivity contribution in [3.05, 3.63) is 41.2 Å². The zero-order valence-electron chi connectivity index (χ0n) is 13.2. The lowest BCUT2D eigenvalue weighted by atomic mass is 9.55. The van der Waals surface area contributed by atoms with Gasteiger partial charge in [0.1, 0.15) is 5.82 Å². The number of aliphatic hydroxyl groups is 1. The Labute approximate surface area is 131 Å². The van der Waals surface area contributed by atoms with Crippen molar-refractivity contribution in [3.63, 3.8) is 0 Å². The molecule has 2 saturated carbocycles. The van der Waals surface area contributed by atoms with Crippen LogP contribution in [0.3, 0.4) is 0 Å². The van der Waals surface area contributed by atoms with Crippen LogP contribution in [0.15, 0.2) is 29.8 Å². The summed E-state index contributed by atoms with van der Waals surface area (Å²) in [6, 6.07) is 6.25. The molecular formula is C19H23FO2. The highest BCUT2D eigenvalue weighted by Crippen LogP contribution is 2.52. The van der Waals surface area contributed by atoms with Crippen LogP contribution in [0, 0.1) is 23.1 Å². The lowest BCUT2D eigenvalue weighted by molar-refractivity contribution is -0.137. The first kappa shape index (κ1) is 15.4. The van der Waals surface area contributed by atoms with E-state index < -0.39 is 0 Å². The third kappa shape index (κ3) is 2.52. The van der Waals surface area contributed by atoms with E-state index in [-0.39, 0.29) is 35.0 Å². The minimum atomic E-state index is -0.358. The Kier molecular flexibility index (Phi) is 3.94. The maximum atomic E-state index is 13.0. The van der Waals surface area contributed by atoms with Crippen molar-refractivity contribution in [2.24, 2.45) is 17.3 Å².